The smallest absolute Gasteiger partial charge is 0.0928 e. The SMILES string of the molecule is C=C(F)CCCN. The molecule has 0 aromatic rings. The average Bonchev–Trinajstić information content (AvgIpc) is 1.61. The van der Waals surface area contributed by atoms with E-state index in [-0.39, 0.29) is 5.83 Å². The molecular weight excluding hydrogens is 93.1 g/mol. The summed E-state index contributed by atoms with van der Waals surface area (Å²) in [5.74, 6) is -0.273. The molecule has 0 amide bonds. The molecule has 0 aliphatic heterocycles. The highest BCUT2D eigenvalue weighted by Crippen LogP contribution is 1.99. The Morgan fingerprint density at radius 2 is 2.29 bits per heavy atom. The molecule has 0 saturated heterocycles. The van der Waals surface area contributed by atoms with Crippen LogP contribution in [-0.4, -0.2) is 6.54 Å². The van der Waals surface area contributed by atoms with Gasteiger partial charge >= 0.3 is 0 Å². The van der Waals surface area contributed by atoms with Gasteiger partial charge in [0.2, 0.25) is 0 Å². The summed E-state index contributed by atoms with van der Waals surface area (Å²) >= 11 is 0. The molecule has 0 heterocycles. The van der Waals surface area contributed by atoms with Crippen LogP contribution in [0.15, 0.2) is 12.4 Å². The standard InChI is InChI=1S/C5H10FN/c1-5(6)3-2-4-7/h1-4,7H2. The number of halogens is 1. The lowest BCUT2D eigenvalue weighted by Crippen LogP contribution is -1.97. The number of hydrogen-bond donors (Lipinski definition) is 1. The fraction of sp³-hybridized carbons (Fsp3) is 0.600. The Labute approximate surface area is 43.0 Å². The lowest BCUT2D eigenvalue weighted by Gasteiger charge is -1.88. The molecule has 0 rings (SSSR count). The first-order valence-electron chi connectivity index (χ1n) is 2.30. The number of rotatable bonds is 3. The molecule has 1 nitrogen and oxygen atoms in total. The molecule has 0 saturated carbocycles. The van der Waals surface area contributed by atoms with Crippen LogP contribution in [0.25, 0.3) is 0 Å². The number of allylic oxidation sites excluding steroid dienone is 1. The van der Waals surface area contributed by atoms with E-state index in [9.17, 15) is 4.39 Å². The topological polar surface area (TPSA) is 26.0 Å². The molecule has 0 aliphatic carbocycles. The van der Waals surface area contributed by atoms with Gasteiger partial charge in [0.1, 0.15) is 0 Å². The summed E-state index contributed by atoms with van der Waals surface area (Å²) < 4.78 is 11.6. The van der Waals surface area contributed by atoms with Crippen LogP contribution in [-0.2, 0) is 0 Å². The summed E-state index contributed by atoms with van der Waals surface area (Å²) in [5, 5.41) is 0. The van der Waals surface area contributed by atoms with E-state index in [0.29, 0.717) is 19.4 Å². The zero-order valence-corrected chi connectivity index (χ0v) is 4.28. The maximum Gasteiger partial charge on any atom is 0.0928 e. The first-order valence-corrected chi connectivity index (χ1v) is 2.30. The van der Waals surface area contributed by atoms with Gasteiger partial charge in [0.05, 0.1) is 5.83 Å². The van der Waals surface area contributed by atoms with E-state index < -0.39 is 0 Å². The van der Waals surface area contributed by atoms with Crippen LogP contribution >= 0.6 is 0 Å². The van der Waals surface area contributed by atoms with Gasteiger partial charge in [-0.05, 0) is 19.4 Å². The minimum atomic E-state index is -0.273. The van der Waals surface area contributed by atoms with Crippen LogP contribution < -0.4 is 5.73 Å². The van der Waals surface area contributed by atoms with Crippen molar-refractivity contribution in [1.82, 2.24) is 0 Å². The summed E-state index contributed by atoms with van der Waals surface area (Å²) in [6, 6.07) is 0. The quantitative estimate of drug-likeness (QED) is 0.570. The Balaban J connectivity index is 2.82. The van der Waals surface area contributed by atoms with E-state index in [0.717, 1.165) is 0 Å². The molecule has 0 aromatic carbocycles. The van der Waals surface area contributed by atoms with Gasteiger partial charge in [0.15, 0.2) is 0 Å². The molecule has 0 aliphatic rings. The van der Waals surface area contributed by atoms with Gasteiger partial charge in [-0.1, -0.05) is 6.58 Å². The highest BCUT2D eigenvalue weighted by Gasteiger charge is 1.85. The van der Waals surface area contributed by atoms with E-state index in [2.05, 4.69) is 6.58 Å². The van der Waals surface area contributed by atoms with Crippen LogP contribution in [0, 0.1) is 0 Å². The van der Waals surface area contributed by atoms with Gasteiger partial charge in [-0.2, -0.15) is 0 Å². The first kappa shape index (κ1) is 6.63. The third-order valence-corrected chi connectivity index (χ3v) is 0.652. The van der Waals surface area contributed by atoms with Gasteiger partial charge in [-0.3, -0.25) is 0 Å². The van der Waals surface area contributed by atoms with Gasteiger partial charge in [-0.15, -0.1) is 0 Å². The van der Waals surface area contributed by atoms with Gasteiger partial charge in [-0.25, -0.2) is 4.39 Å². The first-order chi connectivity index (χ1) is 3.27. The zero-order chi connectivity index (χ0) is 5.70. The monoisotopic (exact) mass is 103 g/mol. The average molecular weight is 103 g/mol. The van der Waals surface area contributed by atoms with Crippen LogP contribution in [0.3, 0.4) is 0 Å². The summed E-state index contributed by atoms with van der Waals surface area (Å²) in [6.07, 6.45) is 1.12. The molecule has 0 aromatic heterocycles. The summed E-state index contributed by atoms with van der Waals surface area (Å²) in [6.45, 7) is 3.62. The van der Waals surface area contributed by atoms with Gasteiger partial charge < -0.3 is 5.73 Å². The van der Waals surface area contributed by atoms with E-state index in [1.54, 1.807) is 0 Å². The van der Waals surface area contributed by atoms with Crippen LogP contribution in [0.5, 0.6) is 0 Å². The van der Waals surface area contributed by atoms with Gasteiger partial charge in [0, 0.05) is 0 Å². The molecule has 0 bridgehead atoms. The zero-order valence-electron chi connectivity index (χ0n) is 4.28. The Kier molecular flexibility index (Phi) is 3.61. The van der Waals surface area contributed by atoms with Crippen molar-refractivity contribution in [3.05, 3.63) is 12.4 Å². The molecule has 42 valence electrons. The number of hydrogen-bond acceptors (Lipinski definition) is 1. The highest BCUT2D eigenvalue weighted by atomic mass is 19.1. The van der Waals surface area contributed by atoms with Crippen LogP contribution in [0.1, 0.15) is 12.8 Å². The largest absolute Gasteiger partial charge is 0.330 e. The van der Waals surface area contributed by atoms with Crippen molar-refractivity contribution in [2.75, 3.05) is 6.54 Å². The van der Waals surface area contributed by atoms with Crippen molar-refractivity contribution in [1.29, 1.82) is 0 Å². The molecule has 0 radical (unpaired) electrons. The van der Waals surface area contributed by atoms with E-state index in [1.165, 1.54) is 0 Å². The predicted molar refractivity (Wildman–Crippen MR) is 28.5 cm³/mol. The van der Waals surface area contributed by atoms with Crippen molar-refractivity contribution in [3.63, 3.8) is 0 Å². The fourth-order valence-corrected chi connectivity index (χ4v) is 0.294. The predicted octanol–water partition coefficient (Wildman–Crippen LogP) is 1.21. The third-order valence-electron chi connectivity index (χ3n) is 0.652. The van der Waals surface area contributed by atoms with Crippen molar-refractivity contribution < 1.29 is 4.39 Å². The Hall–Kier alpha value is -0.370. The normalized spacial score (nSPS) is 8.86. The Bertz CT molecular complexity index is 61.1. The van der Waals surface area contributed by atoms with E-state index >= 15 is 0 Å². The lowest BCUT2D eigenvalue weighted by atomic mass is 10.3. The summed E-state index contributed by atoms with van der Waals surface area (Å²) in [4.78, 5) is 0. The van der Waals surface area contributed by atoms with Crippen molar-refractivity contribution in [2.45, 2.75) is 12.8 Å². The molecule has 0 spiro atoms. The van der Waals surface area contributed by atoms with Gasteiger partial charge in [0.25, 0.3) is 0 Å². The Morgan fingerprint density at radius 1 is 1.71 bits per heavy atom. The second-order valence-corrected chi connectivity index (χ2v) is 1.41. The molecular formula is C5H10FN. The van der Waals surface area contributed by atoms with E-state index in [1.807, 2.05) is 0 Å². The summed E-state index contributed by atoms with van der Waals surface area (Å²) in [7, 11) is 0. The Morgan fingerprint density at radius 3 is 2.43 bits per heavy atom. The second-order valence-electron chi connectivity index (χ2n) is 1.41. The molecule has 0 unspecified atom stereocenters. The minimum absolute atomic E-state index is 0.273. The molecule has 2 N–H and O–H groups in total. The highest BCUT2D eigenvalue weighted by molar-refractivity contribution is 4.78. The maximum absolute atomic E-state index is 11.6. The molecule has 0 atom stereocenters. The number of nitrogens with two attached hydrogens (primary N) is 1. The third kappa shape index (κ3) is 5.63. The van der Waals surface area contributed by atoms with Crippen LogP contribution in [0.4, 0.5) is 4.39 Å². The second kappa shape index (κ2) is 3.81. The molecule has 2 heteroatoms. The maximum atomic E-state index is 11.6. The van der Waals surface area contributed by atoms with E-state index in [4.69, 9.17) is 5.73 Å². The minimum Gasteiger partial charge on any atom is -0.330 e. The van der Waals surface area contributed by atoms with Crippen molar-refractivity contribution >= 4 is 0 Å². The summed E-state index contributed by atoms with van der Waals surface area (Å²) in [5.41, 5.74) is 5.07. The molecule has 7 heavy (non-hydrogen) atoms. The molecule has 0 fully saturated rings. The van der Waals surface area contributed by atoms with Crippen molar-refractivity contribution in [2.24, 2.45) is 5.73 Å². The fourth-order valence-electron chi connectivity index (χ4n) is 0.294. The van der Waals surface area contributed by atoms with Crippen LogP contribution in [0.2, 0.25) is 0 Å². The van der Waals surface area contributed by atoms with Crippen molar-refractivity contribution in [3.8, 4) is 0 Å². The lowest BCUT2D eigenvalue weighted by molar-refractivity contribution is 0.580.